The van der Waals surface area contributed by atoms with Crippen molar-refractivity contribution in [1.82, 2.24) is 15.0 Å². The van der Waals surface area contributed by atoms with Crippen molar-refractivity contribution in [2.45, 2.75) is 25.8 Å². The van der Waals surface area contributed by atoms with Crippen LogP contribution in [0.1, 0.15) is 18.3 Å². The second-order valence-corrected chi connectivity index (χ2v) is 2.95. The van der Waals surface area contributed by atoms with E-state index >= 15 is 0 Å². The molecule has 0 aliphatic rings. The van der Waals surface area contributed by atoms with Gasteiger partial charge in [-0.1, -0.05) is 12.1 Å². The van der Waals surface area contributed by atoms with Gasteiger partial charge in [0.05, 0.1) is 24.7 Å². The molecule has 74 valence electrons. The van der Waals surface area contributed by atoms with Crippen LogP contribution in [-0.2, 0) is 23.6 Å². The predicted octanol–water partition coefficient (Wildman–Crippen LogP) is 1.23. The van der Waals surface area contributed by atoms with Gasteiger partial charge in [-0.15, -0.1) is 16.7 Å². The van der Waals surface area contributed by atoms with Crippen LogP contribution in [0, 0.1) is 0 Å². The van der Waals surface area contributed by atoms with Crippen molar-refractivity contribution in [2.75, 3.05) is 13.7 Å². The van der Waals surface area contributed by atoms with E-state index in [9.17, 15) is 0 Å². The second kappa shape index (κ2) is 5.19. The molecule has 13 heavy (non-hydrogen) atoms. The highest BCUT2D eigenvalue weighted by atomic mass is 35.5. The summed E-state index contributed by atoms with van der Waals surface area (Å²) in [4.78, 5) is 0. The lowest BCUT2D eigenvalue weighted by Crippen LogP contribution is -2.09. The third-order valence-corrected chi connectivity index (χ3v) is 2.14. The quantitative estimate of drug-likeness (QED) is 0.676. The molecule has 0 spiro atoms. The summed E-state index contributed by atoms with van der Waals surface area (Å²) in [5.74, 6) is 0.427. The van der Waals surface area contributed by atoms with E-state index in [1.54, 1.807) is 7.11 Å². The number of rotatable bonds is 5. The first-order valence-electron chi connectivity index (χ1n) is 4.29. The van der Waals surface area contributed by atoms with Gasteiger partial charge in [-0.3, -0.25) is 0 Å². The highest BCUT2D eigenvalue weighted by molar-refractivity contribution is 6.16. The minimum atomic E-state index is 0.427. The topological polar surface area (TPSA) is 39.9 Å². The number of methoxy groups -OCH3 is 1. The first kappa shape index (κ1) is 10.5. The number of alkyl halides is 1. The molecule has 0 saturated carbocycles. The number of halogens is 1. The number of nitrogens with zero attached hydrogens (tertiary/aromatic N) is 3. The maximum atomic E-state index is 5.71. The molecule has 0 aliphatic carbocycles. The molecule has 1 heterocycles. The minimum Gasteiger partial charge on any atom is -0.383 e. The van der Waals surface area contributed by atoms with E-state index in [0.29, 0.717) is 12.5 Å². The number of hydrogen-bond donors (Lipinski definition) is 0. The maximum absolute atomic E-state index is 5.71. The highest BCUT2D eigenvalue weighted by Gasteiger charge is 2.08. The van der Waals surface area contributed by atoms with Gasteiger partial charge < -0.3 is 4.74 Å². The Bertz CT molecular complexity index is 262. The van der Waals surface area contributed by atoms with Crippen LogP contribution in [0.3, 0.4) is 0 Å². The van der Waals surface area contributed by atoms with Crippen molar-refractivity contribution >= 4 is 11.6 Å². The third-order valence-electron chi connectivity index (χ3n) is 1.89. The molecule has 1 rings (SSSR count). The average molecular weight is 204 g/mol. The van der Waals surface area contributed by atoms with E-state index in [1.807, 2.05) is 4.68 Å². The standard InChI is InChI=1S/C8H14ClN3O/c1-3-8-7(6-9)10-11-12(8)4-5-13-2/h3-6H2,1-2H3. The first-order valence-corrected chi connectivity index (χ1v) is 4.83. The smallest absolute Gasteiger partial charge is 0.101 e. The van der Waals surface area contributed by atoms with Crippen molar-refractivity contribution in [3.63, 3.8) is 0 Å². The fourth-order valence-electron chi connectivity index (χ4n) is 1.22. The zero-order valence-corrected chi connectivity index (χ0v) is 8.71. The van der Waals surface area contributed by atoms with Crippen molar-refractivity contribution in [3.05, 3.63) is 11.4 Å². The lowest BCUT2D eigenvalue weighted by Gasteiger charge is -2.03. The summed E-state index contributed by atoms with van der Waals surface area (Å²) < 4.78 is 6.81. The lowest BCUT2D eigenvalue weighted by atomic mass is 10.3. The molecule has 0 N–H and O–H groups in total. The Balaban J connectivity index is 2.75. The largest absolute Gasteiger partial charge is 0.383 e. The molecule has 0 atom stereocenters. The number of ether oxygens (including phenoxy) is 1. The molecular formula is C8H14ClN3O. The van der Waals surface area contributed by atoms with Crippen LogP contribution in [0.2, 0.25) is 0 Å². The molecule has 0 saturated heterocycles. The van der Waals surface area contributed by atoms with E-state index in [4.69, 9.17) is 16.3 Å². The molecule has 0 aliphatic heterocycles. The normalized spacial score (nSPS) is 10.7. The molecule has 5 heteroatoms. The monoisotopic (exact) mass is 203 g/mol. The fourth-order valence-corrected chi connectivity index (χ4v) is 1.42. The Morgan fingerprint density at radius 2 is 2.31 bits per heavy atom. The van der Waals surface area contributed by atoms with Crippen LogP contribution in [0.4, 0.5) is 0 Å². The number of aromatic nitrogens is 3. The van der Waals surface area contributed by atoms with Gasteiger partial charge in [0.25, 0.3) is 0 Å². The molecule has 0 amide bonds. The van der Waals surface area contributed by atoms with Gasteiger partial charge in [-0.2, -0.15) is 0 Å². The van der Waals surface area contributed by atoms with Crippen molar-refractivity contribution in [2.24, 2.45) is 0 Å². The van der Waals surface area contributed by atoms with Crippen LogP contribution in [0.25, 0.3) is 0 Å². The van der Waals surface area contributed by atoms with Gasteiger partial charge in [-0.25, -0.2) is 4.68 Å². The summed E-state index contributed by atoms with van der Waals surface area (Å²) in [6, 6.07) is 0. The molecule has 1 aromatic rings. The van der Waals surface area contributed by atoms with Gasteiger partial charge in [0, 0.05) is 7.11 Å². The molecule has 0 aromatic carbocycles. The van der Waals surface area contributed by atoms with E-state index in [0.717, 1.165) is 24.4 Å². The fraction of sp³-hybridized carbons (Fsp3) is 0.750. The summed E-state index contributed by atoms with van der Waals surface area (Å²) >= 11 is 5.71. The SMILES string of the molecule is CCc1c(CCl)nnn1CCOC. The zero-order valence-electron chi connectivity index (χ0n) is 7.96. The van der Waals surface area contributed by atoms with Crippen LogP contribution in [-0.4, -0.2) is 28.7 Å². The van der Waals surface area contributed by atoms with Gasteiger partial charge >= 0.3 is 0 Å². The Hall–Kier alpha value is -0.610. The lowest BCUT2D eigenvalue weighted by molar-refractivity contribution is 0.182. The average Bonchev–Trinajstić information content (AvgIpc) is 2.56. The summed E-state index contributed by atoms with van der Waals surface area (Å²) in [5, 5.41) is 7.98. The van der Waals surface area contributed by atoms with Gasteiger partial charge in [0.2, 0.25) is 0 Å². The number of hydrogen-bond acceptors (Lipinski definition) is 3. The van der Waals surface area contributed by atoms with Crippen molar-refractivity contribution in [3.8, 4) is 0 Å². The van der Waals surface area contributed by atoms with Gasteiger partial charge in [0.15, 0.2) is 0 Å². The van der Waals surface area contributed by atoms with Crippen molar-refractivity contribution in [1.29, 1.82) is 0 Å². The second-order valence-electron chi connectivity index (χ2n) is 2.69. The van der Waals surface area contributed by atoms with E-state index in [-0.39, 0.29) is 0 Å². The molecule has 4 nitrogen and oxygen atoms in total. The summed E-state index contributed by atoms with van der Waals surface area (Å²) in [7, 11) is 1.67. The van der Waals surface area contributed by atoms with Crippen molar-refractivity contribution < 1.29 is 4.74 Å². The molecular weight excluding hydrogens is 190 g/mol. The van der Waals surface area contributed by atoms with Gasteiger partial charge in [-0.05, 0) is 6.42 Å². The van der Waals surface area contributed by atoms with Crippen LogP contribution >= 0.6 is 11.6 Å². The summed E-state index contributed by atoms with van der Waals surface area (Å²) in [6.07, 6.45) is 0.902. The predicted molar refractivity (Wildman–Crippen MR) is 50.8 cm³/mol. The maximum Gasteiger partial charge on any atom is 0.101 e. The molecule has 0 unspecified atom stereocenters. The van der Waals surface area contributed by atoms with Crippen LogP contribution in [0.5, 0.6) is 0 Å². The van der Waals surface area contributed by atoms with Crippen LogP contribution < -0.4 is 0 Å². The Morgan fingerprint density at radius 3 is 2.85 bits per heavy atom. The Morgan fingerprint density at radius 1 is 1.54 bits per heavy atom. The minimum absolute atomic E-state index is 0.427. The van der Waals surface area contributed by atoms with E-state index in [2.05, 4.69) is 17.2 Å². The highest BCUT2D eigenvalue weighted by Crippen LogP contribution is 2.08. The van der Waals surface area contributed by atoms with E-state index in [1.165, 1.54) is 0 Å². The first-order chi connectivity index (χ1) is 6.33. The van der Waals surface area contributed by atoms with Crippen LogP contribution in [0.15, 0.2) is 0 Å². The Kier molecular flexibility index (Phi) is 4.18. The Labute approximate surface area is 82.8 Å². The molecule has 0 bridgehead atoms. The van der Waals surface area contributed by atoms with E-state index < -0.39 is 0 Å². The summed E-state index contributed by atoms with van der Waals surface area (Å²) in [6.45, 7) is 3.46. The third kappa shape index (κ3) is 2.42. The molecule has 1 aromatic heterocycles. The molecule has 0 radical (unpaired) electrons. The van der Waals surface area contributed by atoms with Gasteiger partial charge in [0.1, 0.15) is 5.69 Å². The zero-order chi connectivity index (χ0) is 9.68. The molecule has 0 fully saturated rings. The summed E-state index contributed by atoms with van der Waals surface area (Å²) in [5.41, 5.74) is 1.98.